The van der Waals surface area contributed by atoms with Crippen molar-refractivity contribution < 1.29 is 8.78 Å². The van der Waals surface area contributed by atoms with Crippen molar-refractivity contribution in [3.8, 4) is 0 Å². The lowest BCUT2D eigenvalue weighted by molar-refractivity contribution is 0.476. The molecule has 0 bridgehead atoms. The van der Waals surface area contributed by atoms with Gasteiger partial charge in [-0.15, -0.1) is 0 Å². The van der Waals surface area contributed by atoms with Crippen molar-refractivity contribution >= 4 is 5.96 Å². The number of nitrogens with zero attached hydrogens (tertiary/aromatic N) is 2. The Morgan fingerprint density at radius 3 is 2.52 bits per heavy atom. The van der Waals surface area contributed by atoms with Crippen LogP contribution in [0.2, 0.25) is 0 Å². The Morgan fingerprint density at radius 2 is 1.87 bits per heavy atom. The molecule has 0 heterocycles. The summed E-state index contributed by atoms with van der Waals surface area (Å²) in [5, 5.41) is 3.20. The fourth-order valence-corrected chi connectivity index (χ4v) is 2.35. The van der Waals surface area contributed by atoms with Gasteiger partial charge in [0.25, 0.3) is 0 Å². The highest BCUT2D eigenvalue weighted by molar-refractivity contribution is 5.79. The second kappa shape index (κ2) is 8.27. The van der Waals surface area contributed by atoms with Gasteiger partial charge in [0.05, 0.1) is 0 Å². The lowest BCUT2D eigenvalue weighted by Gasteiger charge is -2.22. The molecule has 5 heteroatoms. The summed E-state index contributed by atoms with van der Waals surface area (Å²) in [4.78, 5) is 6.23. The van der Waals surface area contributed by atoms with E-state index in [0.717, 1.165) is 18.6 Å². The van der Waals surface area contributed by atoms with Gasteiger partial charge in [0, 0.05) is 33.3 Å². The minimum atomic E-state index is -0.558. The van der Waals surface area contributed by atoms with E-state index in [1.54, 1.807) is 7.05 Å². The van der Waals surface area contributed by atoms with Crippen LogP contribution in [0.25, 0.3) is 0 Å². The zero-order valence-electron chi connectivity index (χ0n) is 13.4. The molecule has 0 saturated carbocycles. The van der Waals surface area contributed by atoms with E-state index in [1.165, 1.54) is 17.7 Å². The van der Waals surface area contributed by atoms with E-state index in [1.807, 2.05) is 30.1 Å². The van der Waals surface area contributed by atoms with Gasteiger partial charge in [-0.05, 0) is 23.6 Å². The Balaban J connectivity index is 1.87. The minimum Gasteiger partial charge on any atom is -0.356 e. The number of benzene rings is 2. The molecule has 0 fully saturated rings. The number of hydrogen-bond donors (Lipinski definition) is 1. The molecule has 0 aliphatic carbocycles. The monoisotopic (exact) mass is 317 g/mol. The summed E-state index contributed by atoms with van der Waals surface area (Å²) in [6.45, 7) is 1.25. The van der Waals surface area contributed by atoms with E-state index in [-0.39, 0.29) is 0 Å². The Morgan fingerprint density at radius 1 is 1.13 bits per heavy atom. The first-order valence-electron chi connectivity index (χ1n) is 7.50. The molecule has 2 aromatic rings. The topological polar surface area (TPSA) is 27.6 Å². The summed E-state index contributed by atoms with van der Waals surface area (Å²) in [5.74, 6) is -0.339. The van der Waals surface area contributed by atoms with Crippen LogP contribution in [0, 0.1) is 11.6 Å². The first-order chi connectivity index (χ1) is 11.1. The molecule has 2 rings (SSSR count). The molecule has 0 aromatic heterocycles. The zero-order valence-corrected chi connectivity index (χ0v) is 13.4. The molecular formula is C18H21F2N3. The summed E-state index contributed by atoms with van der Waals surface area (Å²) in [5.41, 5.74) is 1.67. The molecule has 3 nitrogen and oxygen atoms in total. The van der Waals surface area contributed by atoms with Crippen LogP contribution in [0.3, 0.4) is 0 Å². The van der Waals surface area contributed by atoms with Crippen LogP contribution in [0.5, 0.6) is 0 Å². The number of aliphatic imine (C=N–C) groups is 1. The third-order valence-corrected chi connectivity index (χ3v) is 3.53. The van der Waals surface area contributed by atoms with Gasteiger partial charge in [0.15, 0.2) is 5.96 Å². The molecule has 0 aliphatic heterocycles. The zero-order chi connectivity index (χ0) is 16.7. The minimum absolute atomic E-state index is 0.463. The first kappa shape index (κ1) is 16.9. The Hall–Kier alpha value is -2.43. The smallest absolute Gasteiger partial charge is 0.193 e. The predicted molar refractivity (Wildman–Crippen MR) is 89.3 cm³/mol. The third kappa shape index (κ3) is 5.06. The lowest BCUT2D eigenvalue weighted by Crippen LogP contribution is -2.39. The highest BCUT2D eigenvalue weighted by Crippen LogP contribution is 2.09. The molecule has 0 unspecified atom stereocenters. The van der Waals surface area contributed by atoms with Crippen LogP contribution in [0.15, 0.2) is 53.5 Å². The van der Waals surface area contributed by atoms with Crippen molar-refractivity contribution in [2.75, 3.05) is 20.6 Å². The van der Waals surface area contributed by atoms with Gasteiger partial charge in [0.2, 0.25) is 0 Å². The molecule has 0 radical (unpaired) electrons. The quantitative estimate of drug-likeness (QED) is 0.677. The summed E-state index contributed by atoms with van der Waals surface area (Å²) in [7, 11) is 3.66. The molecule has 2 aromatic carbocycles. The van der Waals surface area contributed by atoms with Gasteiger partial charge >= 0.3 is 0 Å². The average molecular weight is 317 g/mol. The van der Waals surface area contributed by atoms with Crippen LogP contribution in [-0.4, -0.2) is 31.5 Å². The van der Waals surface area contributed by atoms with Crippen LogP contribution >= 0.6 is 0 Å². The summed E-state index contributed by atoms with van der Waals surface area (Å²) < 4.78 is 26.5. The summed E-state index contributed by atoms with van der Waals surface area (Å²) in [6.07, 6.45) is 0.463. The highest BCUT2D eigenvalue weighted by atomic mass is 19.1. The third-order valence-electron chi connectivity index (χ3n) is 3.53. The van der Waals surface area contributed by atoms with E-state index in [4.69, 9.17) is 0 Å². The second-order valence-corrected chi connectivity index (χ2v) is 5.30. The number of guanidine groups is 1. The number of hydrogen-bond acceptors (Lipinski definition) is 1. The van der Waals surface area contributed by atoms with Crippen molar-refractivity contribution in [3.63, 3.8) is 0 Å². The van der Waals surface area contributed by atoms with Crippen LogP contribution in [0.4, 0.5) is 8.78 Å². The van der Waals surface area contributed by atoms with E-state index in [2.05, 4.69) is 22.4 Å². The molecule has 23 heavy (non-hydrogen) atoms. The van der Waals surface area contributed by atoms with Gasteiger partial charge in [-0.1, -0.05) is 36.4 Å². The maximum absolute atomic E-state index is 13.6. The SMILES string of the molecule is CN=C(NCCc1ccc(F)cc1F)N(C)Cc1ccccc1. The molecular weight excluding hydrogens is 296 g/mol. The average Bonchev–Trinajstić information content (AvgIpc) is 2.54. The number of rotatable bonds is 5. The van der Waals surface area contributed by atoms with Gasteiger partial charge in [-0.2, -0.15) is 0 Å². The fraction of sp³-hybridized carbons (Fsp3) is 0.278. The maximum Gasteiger partial charge on any atom is 0.193 e. The van der Waals surface area contributed by atoms with Crippen LogP contribution in [-0.2, 0) is 13.0 Å². The van der Waals surface area contributed by atoms with Crippen molar-refractivity contribution in [2.24, 2.45) is 4.99 Å². The van der Waals surface area contributed by atoms with E-state index < -0.39 is 11.6 Å². The summed E-state index contributed by atoms with van der Waals surface area (Å²) >= 11 is 0. The lowest BCUT2D eigenvalue weighted by atomic mass is 10.1. The molecule has 0 spiro atoms. The predicted octanol–water partition coefficient (Wildman–Crippen LogP) is 3.21. The molecule has 0 aliphatic rings. The standard InChI is InChI=1S/C18H21F2N3/c1-21-18(23(2)13-14-6-4-3-5-7-14)22-11-10-15-8-9-16(19)12-17(15)20/h3-9,12H,10-11,13H2,1-2H3,(H,21,22). The maximum atomic E-state index is 13.6. The van der Waals surface area contributed by atoms with Gasteiger partial charge in [0.1, 0.15) is 11.6 Å². The first-order valence-corrected chi connectivity index (χ1v) is 7.50. The van der Waals surface area contributed by atoms with Crippen molar-refractivity contribution in [1.29, 1.82) is 0 Å². The summed E-state index contributed by atoms with van der Waals surface area (Å²) in [6, 6.07) is 13.7. The Kier molecular flexibility index (Phi) is 6.09. The molecule has 0 atom stereocenters. The van der Waals surface area contributed by atoms with Crippen LogP contribution in [0.1, 0.15) is 11.1 Å². The van der Waals surface area contributed by atoms with Crippen molar-refractivity contribution in [3.05, 3.63) is 71.3 Å². The van der Waals surface area contributed by atoms with Crippen molar-refractivity contribution in [2.45, 2.75) is 13.0 Å². The molecule has 1 N–H and O–H groups in total. The normalized spacial score (nSPS) is 11.4. The number of halogens is 2. The van der Waals surface area contributed by atoms with Gasteiger partial charge < -0.3 is 10.2 Å². The van der Waals surface area contributed by atoms with E-state index >= 15 is 0 Å². The van der Waals surface area contributed by atoms with E-state index in [9.17, 15) is 8.78 Å². The largest absolute Gasteiger partial charge is 0.356 e. The second-order valence-electron chi connectivity index (χ2n) is 5.30. The Labute approximate surface area is 135 Å². The van der Waals surface area contributed by atoms with Gasteiger partial charge in [-0.25, -0.2) is 8.78 Å². The van der Waals surface area contributed by atoms with Crippen LogP contribution < -0.4 is 5.32 Å². The fourth-order valence-electron chi connectivity index (χ4n) is 2.35. The number of nitrogens with one attached hydrogen (secondary N) is 1. The molecule has 0 amide bonds. The van der Waals surface area contributed by atoms with Crippen molar-refractivity contribution in [1.82, 2.24) is 10.2 Å². The Bertz CT molecular complexity index is 657. The highest BCUT2D eigenvalue weighted by Gasteiger charge is 2.08. The van der Waals surface area contributed by atoms with E-state index in [0.29, 0.717) is 18.5 Å². The molecule has 122 valence electrons. The van der Waals surface area contributed by atoms with Gasteiger partial charge in [-0.3, -0.25) is 4.99 Å². The molecule has 0 saturated heterocycles.